The predicted octanol–water partition coefficient (Wildman–Crippen LogP) is 2.45. The van der Waals surface area contributed by atoms with Crippen molar-refractivity contribution in [1.82, 2.24) is 10.2 Å². The summed E-state index contributed by atoms with van der Waals surface area (Å²) >= 11 is 0. The Morgan fingerprint density at radius 1 is 1.26 bits per heavy atom. The van der Waals surface area contributed by atoms with Gasteiger partial charge in [0.15, 0.2) is 0 Å². The van der Waals surface area contributed by atoms with Crippen LogP contribution < -0.4 is 10.6 Å². The number of hydrogen-bond donors (Lipinski definition) is 3. The molecule has 128 valence electrons. The van der Waals surface area contributed by atoms with E-state index < -0.39 is 0 Å². The van der Waals surface area contributed by atoms with Crippen molar-refractivity contribution >= 4 is 17.6 Å². The molecule has 0 aliphatic rings. The summed E-state index contributed by atoms with van der Waals surface area (Å²) < 4.78 is 0. The third kappa shape index (κ3) is 6.69. The van der Waals surface area contributed by atoms with E-state index in [1.165, 1.54) is 0 Å². The molecule has 0 bridgehead atoms. The van der Waals surface area contributed by atoms with Crippen LogP contribution in [-0.2, 0) is 0 Å². The van der Waals surface area contributed by atoms with Crippen molar-refractivity contribution in [2.75, 3.05) is 25.0 Å². The number of anilines is 1. The molecule has 0 spiro atoms. The number of carbonyl (C=O) groups is 2. The number of urea groups is 1. The monoisotopic (exact) mass is 321 g/mol. The molecule has 0 radical (unpaired) electrons. The van der Waals surface area contributed by atoms with Gasteiger partial charge in [0.25, 0.3) is 5.91 Å². The first-order valence-corrected chi connectivity index (χ1v) is 8.05. The highest BCUT2D eigenvalue weighted by Gasteiger charge is 2.15. The standard InChI is InChI=1S/C17H27N3O3/c1-4-5-9-20(10-11-21)16(22)14-7-6-8-15(12-14)19-17(23)18-13(2)3/h6-8,12-13,21H,4-5,9-11H2,1-3H3,(H2,18,19,23). The fraction of sp³-hybridized carbons (Fsp3) is 0.529. The smallest absolute Gasteiger partial charge is 0.319 e. The molecule has 0 saturated carbocycles. The van der Waals surface area contributed by atoms with Crippen molar-refractivity contribution in [2.45, 2.75) is 39.7 Å². The number of rotatable bonds is 8. The largest absolute Gasteiger partial charge is 0.395 e. The Balaban J connectivity index is 2.80. The fourth-order valence-corrected chi connectivity index (χ4v) is 2.13. The summed E-state index contributed by atoms with van der Waals surface area (Å²) in [5.41, 5.74) is 1.06. The van der Waals surface area contributed by atoms with E-state index >= 15 is 0 Å². The molecule has 0 fully saturated rings. The lowest BCUT2D eigenvalue weighted by Crippen LogP contribution is -2.35. The van der Waals surface area contributed by atoms with Crippen LogP contribution in [0.25, 0.3) is 0 Å². The molecular formula is C17H27N3O3. The Morgan fingerprint density at radius 2 is 2.00 bits per heavy atom. The van der Waals surface area contributed by atoms with Crippen LogP contribution in [0.3, 0.4) is 0 Å². The molecule has 0 aliphatic carbocycles. The van der Waals surface area contributed by atoms with Crippen LogP contribution in [0.1, 0.15) is 44.0 Å². The maximum atomic E-state index is 12.5. The van der Waals surface area contributed by atoms with Crippen molar-refractivity contribution in [3.8, 4) is 0 Å². The van der Waals surface area contributed by atoms with E-state index in [0.717, 1.165) is 12.8 Å². The molecule has 1 aromatic carbocycles. The Hall–Kier alpha value is -2.08. The van der Waals surface area contributed by atoms with Gasteiger partial charge in [0.1, 0.15) is 0 Å². The van der Waals surface area contributed by atoms with Crippen molar-refractivity contribution in [3.05, 3.63) is 29.8 Å². The van der Waals surface area contributed by atoms with Gasteiger partial charge in [-0.25, -0.2) is 4.79 Å². The third-order valence-corrected chi connectivity index (χ3v) is 3.23. The fourth-order valence-electron chi connectivity index (χ4n) is 2.13. The molecule has 0 heterocycles. The summed E-state index contributed by atoms with van der Waals surface area (Å²) in [6.07, 6.45) is 1.87. The number of benzene rings is 1. The minimum atomic E-state index is -0.303. The van der Waals surface area contributed by atoms with Gasteiger partial charge >= 0.3 is 6.03 Å². The van der Waals surface area contributed by atoms with Crippen molar-refractivity contribution in [1.29, 1.82) is 0 Å². The van der Waals surface area contributed by atoms with Gasteiger partial charge in [-0.1, -0.05) is 19.4 Å². The highest BCUT2D eigenvalue weighted by atomic mass is 16.3. The number of carbonyl (C=O) groups excluding carboxylic acids is 2. The molecule has 0 atom stereocenters. The number of aliphatic hydroxyl groups excluding tert-OH is 1. The van der Waals surface area contributed by atoms with Gasteiger partial charge in [0.05, 0.1) is 6.61 Å². The van der Waals surface area contributed by atoms with Crippen LogP contribution in [0.2, 0.25) is 0 Å². The number of nitrogens with zero attached hydrogens (tertiary/aromatic N) is 1. The SMILES string of the molecule is CCCCN(CCO)C(=O)c1cccc(NC(=O)NC(C)C)c1. The number of hydrogen-bond acceptors (Lipinski definition) is 3. The lowest BCUT2D eigenvalue weighted by atomic mass is 10.1. The van der Waals surface area contributed by atoms with E-state index in [4.69, 9.17) is 5.11 Å². The molecule has 0 aliphatic heterocycles. The van der Waals surface area contributed by atoms with Gasteiger partial charge in [0.2, 0.25) is 0 Å². The highest BCUT2D eigenvalue weighted by Crippen LogP contribution is 2.13. The Labute approximate surface area is 137 Å². The van der Waals surface area contributed by atoms with Crippen LogP contribution in [0.5, 0.6) is 0 Å². The Kier molecular flexibility index (Phi) is 8.11. The first-order chi connectivity index (χ1) is 11.0. The summed E-state index contributed by atoms with van der Waals surface area (Å²) in [6.45, 7) is 6.66. The average molecular weight is 321 g/mol. The summed E-state index contributed by atoms with van der Waals surface area (Å²) in [5.74, 6) is -0.139. The topological polar surface area (TPSA) is 81.7 Å². The van der Waals surface area contributed by atoms with Gasteiger partial charge in [-0.2, -0.15) is 0 Å². The quantitative estimate of drug-likeness (QED) is 0.688. The van der Waals surface area contributed by atoms with Crippen molar-refractivity contribution < 1.29 is 14.7 Å². The molecule has 3 amide bonds. The van der Waals surface area contributed by atoms with Gasteiger partial charge in [-0.15, -0.1) is 0 Å². The van der Waals surface area contributed by atoms with E-state index in [2.05, 4.69) is 17.6 Å². The summed E-state index contributed by atoms with van der Waals surface area (Å²) in [7, 11) is 0. The molecule has 1 aromatic rings. The Morgan fingerprint density at radius 3 is 2.61 bits per heavy atom. The van der Waals surface area contributed by atoms with Gasteiger partial charge in [-0.05, 0) is 38.5 Å². The first-order valence-electron chi connectivity index (χ1n) is 8.05. The summed E-state index contributed by atoms with van der Waals surface area (Å²) in [6, 6.07) is 6.56. The molecule has 1 rings (SSSR count). The highest BCUT2D eigenvalue weighted by molar-refractivity contribution is 5.97. The maximum Gasteiger partial charge on any atom is 0.319 e. The van der Waals surface area contributed by atoms with E-state index in [1.807, 2.05) is 13.8 Å². The normalized spacial score (nSPS) is 10.5. The van der Waals surface area contributed by atoms with Gasteiger partial charge in [-0.3, -0.25) is 4.79 Å². The van der Waals surface area contributed by atoms with Crippen LogP contribution >= 0.6 is 0 Å². The van der Waals surface area contributed by atoms with Crippen molar-refractivity contribution in [2.24, 2.45) is 0 Å². The maximum absolute atomic E-state index is 12.5. The zero-order valence-corrected chi connectivity index (χ0v) is 14.1. The molecule has 6 heteroatoms. The molecule has 0 saturated heterocycles. The van der Waals surface area contributed by atoms with Gasteiger partial charge in [0, 0.05) is 30.4 Å². The van der Waals surface area contributed by atoms with E-state index in [0.29, 0.717) is 24.3 Å². The predicted molar refractivity (Wildman–Crippen MR) is 91.6 cm³/mol. The molecule has 0 unspecified atom stereocenters. The third-order valence-electron chi connectivity index (χ3n) is 3.23. The zero-order chi connectivity index (χ0) is 17.2. The average Bonchev–Trinajstić information content (AvgIpc) is 2.50. The summed E-state index contributed by atoms with van der Waals surface area (Å²) in [5, 5.41) is 14.6. The minimum Gasteiger partial charge on any atom is -0.395 e. The van der Waals surface area contributed by atoms with E-state index in [1.54, 1.807) is 29.2 Å². The number of amides is 3. The zero-order valence-electron chi connectivity index (χ0n) is 14.1. The minimum absolute atomic E-state index is 0.0360. The van der Waals surface area contributed by atoms with Crippen LogP contribution in [0, 0.1) is 0 Å². The lowest BCUT2D eigenvalue weighted by Gasteiger charge is -2.22. The molecule has 0 aromatic heterocycles. The lowest BCUT2D eigenvalue weighted by molar-refractivity contribution is 0.0719. The number of nitrogens with one attached hydrogen (secondary N) is 2. The van der Waals surface area contributed by atoms with Crippen LogP contribution in [0.4, 0.5) is 10.5 Å². The molecular weight excluding hydrogens is 294 g/mol. The van der Waals surface area contributed by atoms with Crippen molar-refractivity contribution in [3.63, 3.8) is 0 Å². The molecule has 23 heavy (non-hydrogen) atoms. The second kappa shape index (κ2) is 9.84. The van der Waals surface area contributed by atoms with Crippen LogP contribution in [-0.4, -0.2) is 47.7 Å². The van der Waals surface area contributed by atoms with E-state index in [9.17, 15) is 9.59 Å². The molecule has 3 N–H and O–H groups in total. The van der Waals surface area contributed by atoms with Crippen LogP contribution in [0.15, 0.2) is 24.3 Å². The molecule has 6 nitrogen and oxygen atoms in total. The number of unbranched alkanes of at least 4 members (excludes halogenated alkanes) is 1. The van der Waals surface area contributed by atoms with E-state index in [-0.39, 0.29) is 24.6 Å². The Bertz CT molecular complexity index is 518. The second-order valence-corrected chi connectivity index (χ2v) is 5.70. The van der Waals surface area contributed by atoms with Gasteiger partial charge < -0.3 is 20.6 Å². The first kappa shape index (κ1) is 19.0. The number of aliphatic hydroxyl groups is 1. The summed E-state index contributed by atoms with van der Waals surface area (Å²) in [4.78, 5) is 25.9. The second-order valence-electron chi connectivity index (χ2n) is 5.70.